The molecule has 1 aliphatic heterocycles. The molecule has 0 amide bonds. The molecule has 0 aliphatic carbocycles. The van der Waals surface area contributed by atoms with Crippen LogP contribution >= 0.6 is 11.8 Å². The van der Waals surface area contributed by atoms with Crippen LogP contribution < -0.4 is 5.32 Å². The van der Waals surface area contributed by atoms with Crippen LogP contribution in [0, 0.1) is 0 Å². The lowest BCUT2D eigenvalue weighted by Gasteiger charge is -2.26. The van der Waals surface area contributed by atoms with Crippen LogP contribution in [0.1, 0.15) is 25.2 Å². The van der Waals surface area contributed by atoms with Crippen LogP contribution in [0.5, 0.6) is 0 Å². The molecule has 1 aromatic rings. The number of aryl methyl sites for hydroxylation is 2. The molecule has 0 bridgehead atoms. The van der Waals surface area contributed by atoms with Crippen LogP contribution in [0.2, 0.25) is 0 Å². The van der Waals surface area contributed by atoms with Gasteiger partial charge in [-0.15, -0.1) is 0 Å². The van der Waals surface area contributed by atoms with E-state index in [1.165, 1.54) is 42.5 Å². The van der Waals surface area contributed by atoms with Crippen LogP contribution in [-0.4, -0.2) is 52.4 Å². The average molecular weight is 282 g/mol. The van der Waals surface area contributed by atoms with Crippen LogP contribution in [0.25, 0.3) is 0 Å². The zero-order valence-corrected chi connectivity index (χ0v) is 13.0. The minimum Gasteiger partial charge on any atom is -0.310 e. The van der Waals surface area contributed by atoms with Gasteiger partial charge in [0.05, 0.1) is 11.4 Å². The Kier molecular flexibility index (Phi) is 6.20. The number of rotatable bonds is 7. The van der Waals surface area contributed by atoms with E-state index in [-0.39, 0.29) is 0 Å². The Hall–Kier alpha value is -0.520. The summed E-state index contributed by atoms with van der Waals surface area (Å²) in [6.45, 7) is 10.9. The minimum absolute atomic E-state index is 0.934. The van der Waals surface area contributed by atoms with Gasteiger partial charge in [-0.25, -0.2) is 0 Å². The van der Waals surface area contributed by atoms with Crippen molar-refractivity contribution < 1.29 is 0 Å². The fraction of sp³-hybridized carbons (Fsp3) is 0.786. The molecule has 2 heterocycles. The normalized spacial score (nSPS) is 16.9. The first-order valence-electron chi connectivity index (χ1n) is 7.40. The maximum absolute atomic E-state index is 4.58. The van der Waals surface area contributed by atoms with Crippen molar-refractivity contribution in [3.63, 3.8) is 0 Å². The summed E-state index contributed by atoms with van der Waals surface area (Å²) in [6.07, 6.45) is 1.02. The molecule has 108 valence electrons. The molecule has 4 nitrogen and oxygen atoms in total. The first kappa shape index (κ1) is 14.9. The summed E-state index contributed by atoms with van der Waals surface area (Å²) in [5.41, 5.74) is 2.51. The Balaban J connectivity index is 1.71. The number of hydrogen-bond acceptors (Lipinski definition) is 4. The van der Waals surface area contributed by atoms with E-state index in [4.69, 9.17) is 0 Å². The zero-order chi connectivity index (χ0) is 13.5. The Bertz CT molecular complexity index is 372. The Morgan fingerprint density at radius 2 is 2.11 bits per heavy atom. The van der Waals surface area contributed by atoms with E-state index >= 15 is 0 Å². The SMILES string of the molecule is CCc1cc(CNCCN2CCSCC2)n(CC)n1. The van der Waals surface area contributed by atoms with Crippen LogP contribution in [0.15, 0.2) is 6.07 Å². The summed E-state index contributed by atoms with van der Waals surface area (Å²) in [4.78, 5) is 2.55. The number of thioether (sulfide) groups is 1. The van der Waals surface area contributed by atoms with Gasteiger partial charge in [-0.3, -0.25) is 4.68 Å². The standard InChI is InChI=1S/C14H26N4S/c1-3-13-11-14(18(4-2)16-13)12-15-5-6-17-7-9-19-10-8-17/h11,15H,3-10,12H2,1-2H3. The summed E-state index contributed by atoms with van der Waals surface area (Å²) < 4.78 is 2.11. The van der Waals surface area contributed by atoms with Crippen molar-refractivity contribution in [3.05, 3.63) is 17.5 Å². The van der Waals surface area contributed by atoms with Crippen molar-refractivity contribution in [2.24, 2.45) is 0 Å². The largest absolute Gasteiger partial charge is 0.310 e. The molecule has 0 radical (unpaired) electrons. The maximum atomic E-state index is 4.58. The molecule has 0 spiro atoms. The van der Waals surface area contributed by atoms with Crippen LogP contribution in [0.4, 0.5) is 0 Å². The number of nitrogens with zero attached hydrogens (tertiary/aromatic N) is 3. The van der Waals surface area contributed by atoms with Gasteiger partial charge in [0.25, 0.3) is 0 Å². The smallest absolute Gasteiger partial charge is 0.0625 e. The number of nitrogens with one attached hydrogen (secondary N) is 1. The molecule has 1 fully saturated rings. The van der Waals surface area contributed by atoms with E-state index in [9.17, 15) is 0 Å². The van der Waals surface area contributed by atoms with E-state index in [2.05, 4.69) is 51.7 Å². The number of hydrogen-bond donors (Lipinski definition) is 1. The molecule has 5 heteroatoms. The second-order valence-corrected chi connectivity index (χ2v) is 6.15. The lowest BCUT2D eigenvalue weighted by molar-refractivity contribution is 0.300. The number of aromatic nitrogens is 2. The second-order valence-electron chi connectivity index (χ2n) is 4.93. The zero-order valence-electron chi connectivity index (χ0n) is 12.2. The van der Waals surface area contributed by atoms with Gasteiger partial charge < -0.3 is 10.2 Å². The molecule has 2 rings (SSSR count). The molecule has 0 atom stereocenters. The fourth-order valence-electron chi connectivity index (χ4n) is 2.38. The van der Waals surface area contributed by atoms with Crippen LogP contribution in [0.3, 0.4) is 0 Å². The fourth-order valence-corrected chi connectivity index (χ4v) is 3.36. The van der Waals surface area contributed by atoms with Crippen molar-refractivity contribution in [1.82, 2.24) is 20.0 Å². The molecule has 1 aliphatic rings. The first-order valence-corrected chi connectivity index (χ1v) is 8.55. The molecule has 0 aromatic carbocycles. The predicted molar refractivity (Wildman–Crippen MR) is 82.8 cm³/mol. The second kappa shape index (κ2) is 7.92. The van der Waals surface area contributed by atoms with Gasteiger partial charge in [0.15, 0.2) is 0 Å². The van der Waals surface area contributed by atoms with Gasteiger partial charge >= 0.3 is 0 Å². The molecule has 1 aromatic heterocycles. The highest BCUT2D eigenvalue weighted by atomic mass is 32.2. The molecule has 1 saturated heterocycles. The highest BCUT2D eigenvalue weighted by Crippen LogP contribution is 2.08. The van der Waals surface area contributed by atoms with E-state index in [1.54, 1.807) is 0 Å². The maximum Gasteiger partial charge on any atom is 0.0625 e. The van der Waals surface area contributed by atoms with E-state index < -0.39 is 0 Å². The van der Waals surface area contributed by atoms with E-state index in [0.717, 1.165) is 26.1 Å². The summed E-state index contributed by atoms with van der Waals surface area (Å²) in [7, 11) is 0. The first-order chi connectivity index (χ1) is 9.33. The van der Waals surface area contributed by atoms with Crippen molar-refractivity contribution in [2.45, 2.75) is 33.4 Å². The summed E-state index contributed by atoms with van der Waals surface area (Å²) >= 11 is 2.07. The molecule has 19 heavy (non-hydrogen) atoms. The highest BCUT2D eigenvalue weighted by Gasteiger charge is 2.09. The van der Waals surface area contributed by atoms with Gasteiger partial charge in [0, 0.05) is 50.8 Å². The Labute approximate surface area is 120 Å². The monoisotopic (exact) mass is 282 g/mol. The summed E-state index contributed by atoms with van der Waals surface area (Å²) in [6, 6.07) is 2.23. The van der Waals surface area contributed by atoms with Crippen LogP contribution in [-0.2, 0) is 19.5 Å². The van der Waals surface area contributed by atoms with Crippen molar-refractivity contribution in [3.8, 4) is 0 Å². The Morgan fingerprint density at radius 3 is 2.79 bits per heavy atom. The van der Waals surface area contributed by atoms with Gasteiger partial charge in [-0.1, -0.05) is 6.92 Å². The van der Waals surface area contributed by atoms with Crippen molar-refractivity contribution in [2.75, 3.05) is 37.7 Å². The summed E-state index contributed by atoms with van der Waals surface area (Å²) in [5.74, 6) is 2.59. The van der Waals surface area contributed by atoms with E-state index in [1.807, 2.05) is 0 Å². The van der Waals surface area contributed by atoms with Gasteiger partial charge in [0.2, 0.25) is 0 Å². The highest BCUT2D eigenvalue weighted by molar-refractivity contribution is 7.99. The predicted octanol–water partition coefficient (Wildman–Crippen LogP) is 1.60. The topological polar surface area (TPSA) is 33.1 Å². The lowest BCUT2D eigenvalue weighted by Crippen LogP contribution is -2.37. The molecule has 1 N–H and O–H groups in total. The molecule has 0 saturated carbocycles. The lowest BCUT2D eigenvalue weighted by atomic mass is 10.3. The summed E-state index contributed by atoms with van der Waals surface area (Å²) in [5, 5.41) is 8.13. The van der Waals surface area contributed by atoms with Gasteiger partial charge in [-0.2, -0.15) is 16.9 Å². The quantitative estimate of drug-likeness (QED) is 0.770. The third kappa shape index (κ3) is 4.51. The molecular formula is C14H26N4S. The third-order valence-corrected chi connectivity index (χ3v) is 4.53. The molecular weight excluding hydrogens is 256 g/mol. The van der Waals surface area contributed by atoms with Crippen molar-refractivity contribution in [1.29, 1.82) is 0 Å². The van der Waals surface area contributed by atoms with Crippen molar-refractivity contribution >= 4 is 11.8 Å². The van der Waals surface area contributed by atoms with E-state index in [0.29, 0.717) is 0 Å². The van der Waals surface area contributed by atoms with Gasteiger partial charge in [0.1, 0.15) is 0 Å². The third-order valence-electron chi connectivity index (χ3n) is 3.59. The van der Waals surface area contributed by atoms with Gasteiger partial charge in [-0.05, 0) is 19.4 Å². The molecule has 0 unspecified atom stereocenters. The minimum atomic E-state index is 0.934. The average Bonchev–Trinajstić information content (AvgIpc) is 2.87. The Morgan fingerprint density at radius 1 is 1.32 bits per heavy atom.